The van der Waals surface area contributed by atoms with Crippen molar-refractivity contribution in [2.24, 2.45) is 0 Å². The number of ether oxygens (including phenoxy) is 3. The van der Waals surface area contributed by atoms with Gasteiger partial charge in [0.25, 0.3) is 11.8 Å². The number of aryl methyl sites for hydroxylation is 1. The number of anilines is 1. The Morgan fingerprint density at radius 3 is 2.41 bits per heavy atom. The van der Waals surface area contributed by atoms with Gasteiger partial charge in [0, 0.05) is 18.7 Å². The zero-order chi connectivity index (χ0) is 24.7. The van der Waals surface area contributed by atoms with Gasteiger partial charge in [0.1, 0.15) is 5.82 Å². The van der Waals surface area contributed by atoms with Crippen molar-refractivity contribution in [2.45, 2.75) is 13.5 Å². The Labute approximate surface area is 194 Å². The molecule has 1 aromatic heterocycles. The molecule has 34 heavy (non-hydrogen) atoms. The van der Waals surface area contributed by atoms with E-state index in [0.29, 0.717) is 11.1 Å². The molecule has 3 rings (SSSR count). The summed E-state index contributed by atoms with van der Waals surface area (Å²) in [6.45, 7) is 1.11. The van der Waals surface area contributed by atoms with Gasteiger partial charge in [-0.25, -0.2) is 9.18 Å². The number of methoxy groups -OCH3 is 2. The molecule has 1 heterocycles. The number of nitrogens with one attached hydrogen (secondary N) is 2. The molecule has 9 nitrogen and oxygen atoms in total. The highest BCUT2D eigenvalue weighted by Gasteiger charge is 2.21. The molecular weight excluding hydrogens is 447 g/mol. The number of furan rings is 1. The Morgan fingerprint density at radius 1 is 1.03 bits per heavy atom. The van der Waals surface area contributed by atoms with Gasteiger partial charge in [-0.3, -0.25) is 9.59 Å². The van der Waals surface area contributed by atoms with Gasteiger partial charge in [-0.15, -0.1) is 0 Å². The van der Waals surface area contributed by atoms with Gasteiger partial charge in [0.05, 0.1) is 31.7 Å². The third-order valence-corrected chi connectivity index (χ3v) is 4.80. The molecule has 0 aliphatic heterocycles. The molecular formula is C24H23FN2O7. The second-order valence-electron chi connectivity index (χ2n) is 7.12. The fourth-order valence-electron chi connectivity index (χ4n) is 2.95. The minimum atomic E-state index is -0.882. The molecule has 178 valence electrons. The first-order valence-corrected chi connectivity index (χ1v) is 10.1. The van der Waals surface area contributed by atoms with E-state index in [1.54, 1.807) is 25.1 Å². The lowest BCUT2D eigenvalue weighted by atomic mass is 10.1. The lowest BCUT2D eigenvalue weighted by molar-refractivity contribution is -0.124. The topological polar surface area (TPSA) is 116 Å². The summed E-state index contributed by atoms with van der Waals surface area (Å²) in [6.07, 6.45) is 1.34. The number of rotatable bonds is 9. The summed E-state index contributed by atoms with van der Waals surface area (Å²) in [4.78, 5) is 37.3. The predicted molar refractivity (Wildman–Crippen MR) is 119 cm³/mol. The van der Waals surface area contributed by atoms with Crippen LogP contribution in [-0.4, -0.2) is 38.6 Å². The van der Waals surface area contributed by atoms with Gasteiger partial charge < -0.3 is 29.3 Å². The molecule has 0 aliphatic carbocycles. The first-order valence-electron chi connectivity index (χ1n) is 10.1. The number of benzene rings is 2. The molecule has 0 aliphatic rings. The average Bonchev–Trinajstić information content (AvgIpc) is 3.38. The van der Waals surface area contributed by atoms with Crippen molar-refractivity contribution >= 4 is 23.5 Å². The van der Waals surface area contributed by atoms with E-state index in [-0.39, 0.29) is 40.9 Å². The van der Waals surface area contributed by atoms with E-state index in [9.17, 15) is 18.8 Å². The molecule has 2 aromatic carbocycles. The van der Waals surface area contributed by atoms with Gasteiger partial charge in [-0.1, -0.05) is 12.1 Å². The van der Waals surface area contributed by atoms with Crippen LogP contribution in [0.25, 0.3) is 0 Å². The zero-order valence-corrected chi connectivity index (χ0v) is 18.8. The van der Waals surface area contributed by atoms with Crippen LogP contribution in [0.2, 0.25) is 0 Å². The molecule has 0 radical (unpaired) electrons. The maximum atomic E-state index is 13.6. The largest absolute Gasteiger partial charge is 0.493 e. The van der Waals surface area contributed by atoms with Crippen LogP contribution < -0.4 is 20.1 Å². The van der Waals surface area contributed by atoms with E-state index in [1.165, 1.54) is 44.7 Å². The number of hydrogen-bond donors (Lipinski definition) is 2. The summed E-state index contributed by atoms with van der Waals surface area (Å²) in [5, 5.41) is 5.11. The third kappa shape index (κ3) is 5.91. The molecule has 0 atom stereocenters. The van der Waals surface area contributed by atoms with Crippen molar-refractivity contribution in [2.75, 3.05) is 26.1 Å². The van der Waals surface area contributed by atoms with Crippen molar-refractivity contribution < 1.29 is 37.4 Å². The second-order valence-corrected chi connectivity index (χ2v) is 7.12. The second kappa shape index (κ2) is 11.0. The van der Waals surface area contributed by atoms with E-state index >= 15 is 0 Å². The van der Waals surface area contributed by atoms with E-state index in [2.05, 4.69) is 10.6 Å². The van der Waals surface area contributed by atoms with Gasteiger partial charge in [0.15, 0.2) is 23.9 Å². The van der Waals surface area contributed by atoms with E-state index in [1.807, 2.05) is 0 Å². The first-order chi connectivity index (χ1) is 16.3. The summed E-state index contributed by atoms with van der Waals surface area (Å²) < 4.78 is 34.3. The van der Waals surface area contributed by atoms with Crippen LogP contribution in [-0.2, 0) is 16.1 Å². The predicted octanol–water partition coefficient (Wildman–Crippen LogP) is 3.47. The summed E-state index contributed by atoms with van der Waals surface area (Å²) in [7, 11) is 2.79. The van der Waals surface area contributed by atoms with Crippen molar-refractivity contribution in [3.8, 4) is 11.5 Å². The van der Waals surface area contributed by atoms with Crippen LogP contribution in [0.1, 0.15) is 32.0 Å². The highest BCUT2D eigenvalue weighted by Crippen LogP contribution is 2.34. The Balaban J connectivity index is 1.69. The Bertz CT molecular complexity index is 1190. The minimum Gasteiger partial charge on any atom is -0.493 e. The zero-order valence-electron chi connectivity index (χ0n) is 18.8. The average molecular weight is 470 g/mol. The molecule has 3 aromatic rings. The quantitative estimate of drug-likeness (QED) is 0.460. The number of carbonyl (C=O) groups excluding carboxylic acids is 3. The van der Waals surface area contributed by atoms with Crippen LogP contribution >= 0.6 is 0 Å². The van der Waals surface area contributed by atoms with E-state index in [0.717, 1.165) is 0 Å². The number of amides is 2. The van der Waals surface area contributed by atoms with Crippen LogP contribution in [0.5, 0.6) is 11.5 Å². The smallest absolute Gasteiger partial charge is 0.340 e. The number of esters is 1. The van der Waals surface area contributed by atoms with Crippen LogP contribution in [0, 0.1) is 12.7 Å². The lowest BCUT2D eigenvalue weighted by Gasteiger charge is -2.15. The lowest BCUT2D eigenvalue weighted by Crippen LogP contribution is -2.28. The monoisotopic (exact) mass is 470 g/mol. The molecule has 0 fully saturated rings. The Kier molecular flexibility index (Phi) is 7.86. The van der Waals surface area contributed by atoms with Crippen molar-refractivity contribution in [1.82, 2.24) is 5.32 Å². The van der Waals surface area contributed by atoms with Gasteiger partial charge >= 0.3 is 5.97 Å². The highest BCUT2D eigenvalue weighted by atomic mass is 19.1. The van der Waals surface area contributed by atoms with Gasteiger partial charge in [0.2, 0.25) is 0 Å². The first kappa shape index (κ1) is 24.3. The molecule has 2 amide bonds. The maximum absolute atomic E-state index is 13.6. The SMILES string of the molecule is COc1cc(NC(=O)c2ccco2)c(C(=O)OCC(=O)NCc2ccc(C)c(F)c2)cc1OC. The number of hydrogen-bond acceptors (Lipinski definition) is 7. The van der Waals surface area contributed by atoms with Gasteiger partial charge in [-0.05, 0) is 36.2 Å². The third-order valence-electron chi connectivity index (χ3n) is 4.80. The highest BCUT2D eigenvalue weighted by molar-refractivity contribution is 6.07. The molecule has 0 saturated heterocycles. The number of halogens is 1. The van der Waals surface area contributed by atoms with Crippen molar-refractivity contribution in [3.63, 3.8) is 0 Å². The molecule has 10 heteroatoms. The molecule has 2 N–H and O–H groups in total. The van der Waals surface area contributed by atoms with Crippen LogP contribution in [0.3, 0.4) is 0 Å². The normalized spacial score (nSPS) is 10.4. The fourth-order valence-corrected chi connectivity index (χ4v) is 2.95. The summed E-state index contributed by atoms with van der Waals surface area (Å²) in [5.74, 6) is -1.94. The molecule has 0 saturated carbocycles. The minimum absolute atomic E-state index is 0.0287. The van der Waals surface area contributed by atoms with E-state index in [4.69, 9.17) is 18.6 Å². The summed E-state index contributed by atoms with van der Waals surface area (Å²) in [6, 6.07) is 10.3. The van der Waals surface area contributed by atoms with E-state index < -0.39 is 24.4 Å². The standard InChI is InChI=1S/C24H23FN2O7/c1-14-6-7-15(9-17(14)25)12-26-22(28)13-34-24(30)16-10-20(31-2)21(32-3)11-18(16)27-23(29)19-5-4-8-33-19/h4-11H,12-13H2,1-3H3,(H,26,28)(H,27,29). The summed E-state index contributed by atoms with van der Waals surface area (Å²) >= 11 is 0. The molecule has 0 unspecified atom stereocenters. The fraction of sp³-hybridized carbons (Fsp3) is 0.208. The summed E-state index contributed by atoms with van der Waals surface area (Å²) in [5.41, 5.74) is 1.06. The van der Waals surface area contributed by atoms with Crippen LogP contribution in [0.4, 0.5) is 10.1 Å². The molecule has 0 bridgehead atoms. The van der Waals surface area contributed by atoms with Crippen molar-refractivity contribution in [1.29, 1.82) is 0 Å². The Hall–Kier alpha value is -4.34. The van der Waals surface area contributed by atoms with Gasteiger partial charge in [-0.2, -0.15) is 0 Å². The Morgan fingerprint density at radius 2 is 1.76 bits per heavy atom. The maximum Gasteiger partial charge on any atom is 0.340 e. The number of carbonyl (C=O) groups is 3. The van der Waals surface area contributed by atoms with Crippen molar-refractivity contribution in [3.05, 3.63) is 77.0 Å². The molecule has 0 spiro atoms. The van der Waals surface area contributed by atoms with Crippen LogP contribution in [0.15, 0.2) is 53.1 Å².